The number of piperidine rings is 1. The number of hydrazine groups is 1. The molecule has 1 unspecified atom stereocenters. The Kier molecular flexibility index (Phi) is 3.50. The monoisotopic (exact) mass is 211 g/mol. The summed E-state index contributed by atoms with van der Waals surface area (Å²) in [5.74, 6) is 0. The third-order valence-corrected chi connectivity index (χ3v) is 3.23. The highest BCUT2D eigenvalue weighted by Crippen LogP contribution is 2.14. The maximum absolute atomic E-state index is 4.31. The summed E-state index contributed by atoms with van der Waals surface area (Å²) in [6, 6.07) is 0.347. The highest BCUT2D eigenvalue weighted by Gasteiger charge is 2.14. The molecule has 1 N–H and O–H groups in total. The Bertz CT molecular complexity index is 254. The van der Waals surface area contributed by atoms with Gasteiger partial charge in [-0.2, -0.15) is 0 Å². The van der Waals surface area contributed by atoms with E-state index < -0.39 is 0 Å². The lowest BCUT2D eigenvalue weighted by Crippen LogP contribution is -2.42. The largest absolute Gasteiger partial charge is 0.248 e. The first-order chi connectivity index (χ1) is 6.86. The van der Waals surface area contributed by atoms with Crippen molar-refractivity contribution in [2.75, 3.05) is 13.1 Å². The van der Waals surface area contributed by atoms with Crippen LogP contribution in [0.3, 0.4) is 0 Å². The lowest BCUT2D eigenvalue weighted by molar-refractivity contribution is 0.132. The summed E-state index contributed by atoms with van der Waals surface area (Å²) in [5.41, 5.74) is 6.54. The van der Waals surface area contributed by atoms with Gasteiger partial charge in [0.2, 0.25) is 0 Å². The molecule has 78 valence electrons. The summed E-state index contributed by atoms with van der Waals surface area (Å²) in [6.07, 6.45) is 4.01. The Hall–Kier alpha value is -0.450. The van der Waals surface area contributed by atoms with E-state index in [0.717, 1.165) is 5.69 Å². The second-order valence-corrected chi connectivity index (χ2v) is 4.53. The van der Waals surface area contributed by atoms with Gasteiger partial charge in [-0.25, -0.2) is 15.4 Å². The van der Waals surface area contributed by atoms with E-state index in [9.17, 15) is 0 Å². The Morgan fingerprint density at radius 3 is 2.86 bits per heavy atom. The molecule has 1 aromatic rings. The smallest absolute Gasteiger partial charge is 0.0795 e. The molecule has 2 rings (SSSR count). The van der Waals surface area contributed by atoms with Crippen LogP contribution in [0.4, 0.5) is 0 Å². The molecule has 1 fully saturated rings. The standard InChI is InChI=1S/C10H17N3S/c1-9(10-7-14-8-11-10)12-13-5-3-2-4-6-13/h7-9,12H,2-6H2,1H3. The number of nitrogens with zero attached hydrogens (tertiary/aromatic N) is 2. The zero-order chi connectivity index (χ0) is 9.80. The second-order valence-electron chi connectivity index (χ2n) is 3.81. The van der Waals surface area contributed by atoms with Crippen molar-refractivity contribution in [2.45, 2.75) is 32.2 Å². The molecule has 0 spiro atoms. The van der Waals surface area contributed by atoms with Gasteiger partial charge in [-0.1, -0.05) is 6.42 Å². The molecule has 2 heterocycles. The van der Waals surface area contributed by atoms with E-state index in [2.05, 4.69) is 27.7 Å². The van der Waals surface area contributed by atoms with Crippen molar-refractivity contribution < 1.29 is 0 Å². The van der Waals surface area contributed by atoms with Crippen molar-refractivity contribution in [1.29, 1.82) is 0 Å². The summed E-state index contributed by atoms with van der Waals surface area (Å²) in [4.78, 5) is 4.31. The SMILES string of the molecule is CC(NN1CCCCC1)c1cscn1. The second kappa shape index (κ2) is 4.87. The predicted molar refractivity (Wildman–Crippen MR) is 59.1 cm³/mol. The third-order valence-electron chi connectivity index (χ3n) is 2.63. The number of hydrogen-bond donors (Lipinski definition) is 1. The predicted octanol–water partition coefficient (Wildman–Crippen LogP) is 2.19. The molecular weight excluding hydrogens is 194 g/mol. The van der Waals surface area contributed by atoms with Gasteiger partial charge >= 0.3 is 0 Å². The van der Waals surface area contributed by atoms with E-state index in [1.54, 1.807) is 11.3 Å². The van der Waals surface area contributed by atoms with Crippen LogP contribution in [0.2, 0.25) is 0 Å². The van der Waals surface area contributed by atoms with Crippen molar-refractivity contribution >= 4 is 11.3 Å². The zero-order valence-electron chi connectivity index (χ0n) is 8.57. The fourth-order valence-corrected chi connectivity index (χ4v) is 2.45. The van der Waals surface area contributed by atoms with Gasteiger partial charge in [0.1, 0.15) is 0 Å². The first kappa shape index (κ1) is 10.1. The van der Waals surface area contributed by atoms with Crippen LogP contribution < -0.4 is 5.43 Å². The fourth-order valence-electron chi connectivity index (χ4n) is 1.80. The fraction of sp³-hybridized carbons (Fsp3) is 0.700. The first-order valence-electron chi connectivity index (χ1n) is 5.25. The van der Waals surface area contributed by atoms with E-state index in [1.165, 1.54) is 32.4 Å². The molecule has 0 radical (unpaired) electrons. The van der Waals surface area contributed by atoms with Gasteiger partial charge < -0.3 is 0 Å². The van der Waals surface area contributed by atoms with Crippen LogP contribution in [0, 0.1) is 0 Å². The summed E-state index contributed by atoms with van der Waals surface area (Å²) < 4.78 is 0. The number of hydrogen-bond acceptors (Lipinski definition) is 4. The van der Waals surface area contributed by atoms with Crippen molar-refractivity contribution in [3.63, 3.8) is 0 Å². The Labute approximate surface area is 89.1 Å². The molecule has 0 aromatic carbocycles. The van der Waals surface area contributed by atoms with Gasteiger partial charge in [-0.05, 0) is 19.8 Å². The normalized spacial score (nSPS) is 20.9. The maximum Gasteiger partial charge on any atom is 0.0795 e. The molecule has 1 atom stereocenters. The Balaban J connectivity index is 1.84. The lowest BCUT2D eigenvalue weighted by atomic mass is 10.2. The minimum atomic E-state index is 0.347. The average Bonchev–Trinajstić information content (AvgIpc) is 2.72. The lowest BCUT2D eigenvalue weighted by Gasteiger charge is -2.29. The molecule has 0 aliphatic carbocycles. The summed E-state index contributed by atoms with van der Waals surface area (Å²) in [6.45, 7) is 4.52. The van der Waals surface area contributed by atoms with Crippen LogP contribution in [-0.4, -0.2) is 23.1 Å². The maximum atomic E-state index is 4.31. The molecule has 0 saturated carbocycles. The molecule has 4 heteroatoms. The number of nitrogens with one attached hydrogen (secondary N) is 1. The molecule has 1 aliphatic heterocycles. The van der Waals surface area contributed by atoms with Gasteiger partial charge in [0.25, 0.3) is 0 Å². The van der Waals surface area contributed by atoms with Crippen molar-refractivity contribution in [2.24, 2.45) is 0 Å². The Morgan fingerprint density at radius 1 is 1.43 bits per heavy atom. The van der Waals surface area contributed by atoms with Gasteiger partial charge in [-0.15, -0.1) is 11.3 Å². The van der Waals surface area contributed by atoms with Crippen LogP contribution in [0.1, 0.15) is 37.9 Å². The van der Waals surface area contributed by atoms with Gasteiger partial charge in [0.15, 0.2) is 0 Å². The summed E-state index contributed by atoms with van der Waals surface area (Å²) >= 11 is 1.66. The van der Waals surface area contributed by atoms with Crippen molar-refractivity contribution in [3.8, 4) is 0 Å². The molecule has 1 saturated heterocycles. The van der Waals surface area contributed by atoms with E-state index in [-0.39, 0.29) is 0 Å². The number of rotatable bonds is 3. The van der Waals surface area contributed by atoms with E-state index in [1.807, 2.05) is 5.51 Å². The topological polar surface area (TPSA) is 28.2 Å². The van der Waals surface area contributed by atoms with Crippen molar-refractivity contribution in [1.82, 2.24) is 15.4 Å². The highest BCUT2D eigenvalue weighted by molar-refractivity contribution is 7.07. The summed E-state index contributed by atoms with van der Waals surface area (Å²) in [5, 5.41) is 4.44. The Morgan fingerprint density at radius 2 is 2.21 bits per heavy atom. The van der Waals surface area contributed by atoms with E-state index in [0.29, 0.717) is 6.04 Å². The molecule has 1 aromatic heterocycles. The van der Waals surface area contributed by atoms with Crippen molar-refractivity contribution in [3.05, 3.63) is 16.6 Å². The van der Waals surface area contributed by atoms with Gasteiger partial charge in [-0.3, -0.25) is 0 Å². The quantitative estimate of drug-likeness (QED) is 0.830. The number of aromatic nitrogens is 1. The van der Waals surface area contributed by atoms with Crippen LogP contribution >= 0.6 is 11.3 Å². The summed E-state index contributed by atoms with van der Waals surface area (Å²) in [7, 11) is 0. The van der Waals surface area contributed by atoms with E-state index >= 15 is 0 Å². The van der Waals surface area contributed by atoms with Crippen LogP contribution in [0.25, 0.3) is 0 Å². The molecule has 3 nitrogen and oxygen atoms in total. The first-order valence-corrected chi connectivity index (χ1v) is 6.20. The minimum absolute atomic E-state index is 0.347. The van der Waals surface area contributed by atoms with Gasteiger partial charge in [0.05, 0.1) is 17.2 Å². The molecule has 14 heavy (non-hydrogen) atoms. The van der Waals surface area contributed by atoms with Gasteiger partial charge in [0, 0.05) is 18.5 Å². The highest BCUT2D eigenvalue weighted by atomic mass is 32.1. The van der Waals surface area contributed by atoms with Crippen LogP contribution in [-0.2, 0) is 0 Å². The van der Waals surface area contributed by atoms with Crippen LogP contribution in [0.5, 0.6) is 0 Å². The average molecular weight is 211 g/mol. The molecule has 1 aliphatic rings. The molecular formula is C10H17N3S. The molecule has 0 bridgehead atoms. The zero-order valence-corrected chi connectivity index (χ0v) is 9.39. The minimum Gasteiger partial charge on any atom is -0.248 e. The van der Waals surface area contributed by atoms with E-state index in [4.69, 9.17) is 0 Å². The number of thiazole rings is 1. The van der Waals surface area contributed by atoms with Crippen LogP contribution in [0.15, 0.2) is 10.9 Å². The molecule has 0 amide bonds. The third kappa shape index (κ3) is 2.53.